The van der Waals surface area contributed by atoms with Crippen LogP contribution < -0.4 is 5.32 Å². The first-order valence-electron chi connectivity index (χ1n) is 6.60. The molecule has 1 rings (SSSR count). The second-order valence-corrected chi connectivity index (χ2v) is 5.53. The lowest BCUT2D eigenvalue weighted by Gasteiger charge is -2.21. The van der Waals surface area contributed by atoms with Gasteiger partial charge in [0.2, 0.25) is 0 Å². The Balaban J connectivity index is 0.000000982. The Labute approximate surface area is 115 Å². The smallest absolute Gasteiger partial charge is 0.408 e. The molecule has 0 radical (unpaired) electrons. The van der Waals surface area contributed by atoms with E-state index in [1.807, 2.05) is 0 Å². The zero-order valence-corrected chi connectivity index (χ0v) is 12.4. The molecule has 19 heavy (non-hydrogen) atoms. The monoisotopic (exact) mass is 271 g/mol. The van der Waals surface area contributed by atoms with Crippen LogP contribution in [0.4, 0.5) is 4.79 Å². The number of ether oxygens (including phenoxy) is 1. The molecule has 110 valence electrons. The van der Waals surface area contributed by atoms with Crippen molar-refractivity contribution in [3.05, 3.63) is 12.2 Å². The Hall–Kier alpha value is -1.52. The van der Waals surface area contributed by atoms with Crippen molar-refractivity contribution < 1.29 is 19.4 Å². The number of nitrogens with one attached hydrogen (secondary N) is 1. The number of carboxylic acids is 1. The Bertz CT molecular complexity index is 331. The topological polar surface area (TPSA) is 75.6 Å². The largest absolute Gasteiger partial charge is 0.481 e. The molecule has 2 unspecified atom stereocenters. The highest BCUT2D eigenvalue weighted by Crippen LogP contribution is 2.18. The van der Waals surface area contributed by atoms with E-state index in [0.29, 0.717) is 6.42 Å². The number of aliphatic carboxylic acids is 1. The minimum Gasteiger partial charge on any atom is -0.481 e. The van der Waals surface area contributed by atoms with Crippen LogP contribution >= 0.6 is 0 Å². The Morgan fingerprint density at radius 2 is 1.84 bits per heavy atom. The van der Waals surface area contributed by atoms with Gasteiger partial charge in [-0.25, -0.2) is 4.79 Å². The van der Waals surface area contributed by atoms with Crippen LogP contribution in [0.2, 0.25) is 0 Å². The van der Waals surface area contributed by atoms with Crippen LogP contribution in [0, 0.1) is 5.92 Å². The van der Waals surface area contributed by atoms with E-state index in [-0.39, 0.29) is 6.04 Å². The highest BCUT2D eigenvalue weighted by atomic mass is 16.6. The van der Waals surface area contributed by atoms with Gasteiger partial charge in [-0.15, -0.1) is 0 Å². The average molecular weight is 271 g/mol. The Morgan fingerprint density at radius 3 is 2.21 bits per heavy atom. The molecule has 0 bridgehead atoms. The van der Waals surface area contributed by atoms with Crippen molar-refractivity contribution in [3.8, 4) is 0 Å². The normalized spacial score (nSPS) is 21.3. The lowest BCUT2D eigenvalue weighted by Crippen LogP contribution is -2.38. The second-order valence-electron chi connectivity index (χ2n) is 5.53. The van der Waals surface area contributed by atoms with Crippen LogP contribution in [0.15, 0.2) is 12.2 Å². The van der Waals surface area contributed by atoms with Crippen molar-refractivity contribution in [2.24, 2.45) is 5.92 Å². The highest BCUT2D eigenvalue weighted by Gasteiger charge is 2.26. The molecule has 0 saturated carbocycles. The molecule has 5 nitrogen and oxygen atoms in total. The molecule has 0 saturated heterocycles. The molecule has 1 aliphatic rings. The number of carbonyl (C=O) groups is 2. The first-order chi connectivity index (χ1) is 8.69. The van der Waals surface area contributed by atoms with Gasteiger partial charge in [-0.3, -0.25) is 4.79 Å². The molecule has 2 N–H and O–H groups in total. The number of amides is 1. The molecule has 5 heteroatoms. The predicted molar refractivity (Wildman–Crippen MR) is 74.0 cm³/mol. The Kier molecular flexibility index (Phi) is 7.19. The number of alkyl carbamates (subject to hydrolysis) is 1. The first-order valence-corrected chi connectivity index (χ1v) is 6.60. The van der Waals surface area contributed by atoms with E-state index in [1.165, 1.54) is 6.42 Å². The van der Waals surface area contributed by atoms with Gasteiger partial charge in [-0.05, 0) is 27.2 Å². The minimum atomic E-state index is -0.871. The fourth-order valence-electron chi connectivity index (χ4n) is 1.45. The average Bonchev–Trinajstić information content (AvgIpc) is 2.64. The summed E-state index contributed by atoms with van der Waals surface area (Å²) >= 11 is 0. The fraction of sp³-hybridized carbons (Fsp3) is 0.714. The van der Waals surface area contributed by atoms with Gasteiger partial charge in [0, 0.05) is 0 Å². The van der Waals surface area contributed by atoms with Crippen LogP contribution in [0.5, 0.6) is 0 Å². The zero-order valence-electron chi connectivity index (χ0n) is 12.4. The molecule has 0 aromatic heterocycles. The third-order valence-corrected chi connectivity index (χ3v) is 2.10. The molecule has 0 aromatic rings. The number of rotatable bonds is 2. The van der Waals surface area contributed by atoms with Crippen LogP contribution in [-0.2, 0) is 9.53 Å². The fourth-order valence-corrected chi connectivity index (χ4v) is 1.45. The third-order valence-electron chi connectivity index (χ3n) is 2.10. The van der Waals surface area contributed by atoms with Crippen molar-refractivity contribution >= 4 is 12.1 Å². The van der Waals surface area contributed by atoms with Crippen molar-refractivity contribution in [1.82, 2.24) is 5.32 Å². The molecule has 2 atom stereocenters. The molecule has 0 aliphatic heterocycles. The summed E-state index contributed by atoms with van der Waals surface area (Å²) in [7, 11) is 0. The van der Waals surface area contributed by atoms with Gasteiger partial charge in [-0.1, -0.05) is 32.4 Å². The maximum atomic E-state index is 11.4. The number of hydrogen-bond donors (Lipinski definition) is 2. The molecular formula is C14H25NO4. The number of hydrogen-bond acceptors (Lipinski definition) is 3. The lowest BCUT2D eigenvalue weighted by atomic mass is 10.1. The molecule has 1 amide bonds. The van der Waals surface area contributed by atoms with E-state index in [4.69, 9.17) is 9.84 Å². The second kappa shape index (κ2) is 7.81. The van der Waals surface area contributed by atoms with E-state index in [2.05, 4.69) is 19.2 Å². The standard InChI is InChI=1S/C11H17NO4.C3H8/c1-11(2,3)16-10(15)12-8-5-4-7(6-8)9(13)14;1-3-2/h4-5,7-8H,6H2,1-3H3,(H,12,15)(H,13,14);3H2,1-2H3. The first kappa shape index (κ1) is 17.5. The minimum absolute atomic E-state index is 0.254. The Morgan fingerprint density at radius 1 is 1.32 bits per heavy atom. The van der Waals surface area contributed by atoms with Gasteiger partial charge in [0.05, 0.1) is 12.0 Å². The van der Waals surface area contributed by atoms with Crippen LogP contribution in [-0.4, -0.2) is 28.8 Å². The zero-order chi connectivity index (χ0) is 15.1. The van der Waals surface area contributed by atoms with E-state index in [1.54, 1.807) is 32.9 Å². The number of carboxylic acid groups (broad SMARTS) is 1. The van der Waals surface area contributed by atoms with Gasteiger partial charge in [-0.2, -0.15) is 0 Å². The summed E-state index contributed by atoms with van der Waals surface area (Å²) in [5, 5.41) is 11.4. The summed E-state index contributed by atoms with van der Waals surface area (Å²) in [5.41, 5.74) is -0.543. The van der Waals surface area contributed by atoms with Gasteiger partial charge in [0.25, 0.3) is 0 Å². The van der Waals surface area contributed by atoms with Gasteiger partial charge in [0.15, 0.2) is 0 Å². The van der Waals surface area contributed by atoms with Crippen molar-refractivity contribution in [2.45, 2.75) is 59.1 Å². The lowest BCUT2D eigenvalue weighted by molar-refractivity contribution is -0.140. The van der Waals surface area contributed by atoms with Crippen LogP contribution in [0.25, 0.3) is 0 Å². The highest BCUT2D eigenvalue weighted by molar-refractivity contribution is 5.74. The van der Waals surface area contributed by atoms with Crippen molar-refractivity contribution in [3.63, 3.8) is 0 Å². The summed E-state index contributed by atoms with van der Waals surface area (Å²) in [4.78, 5) is 22.0. The molecule has 1 aliphatic carbocycles. The molecule has 0 aromatic carbocycles. The third kappa shape index (κ3) is 8.24. The van der Waals surface area contributed by atoms with Crippen LogP contribution in [0.3, 0.4) is 0 Å². The SMILES string of the molecule is CC(C)(C)OC(=O)NC1C=CC(C(=O)O)C1.CCC. The summed E-state index contributed by atoms with van der Waals surface area (Å²) in [6.45, 7) is 9.57. The van der Waals surface area contributed by atoms with Gasteiger partial charge in [0.1, 0.15) is 5.60 Å². The maximum absolute atomic E-state index is 11.4. The summed E-state index contributed by atoms with van der Waals surface area (Å²) < 4.78 is 5.06. The van der Waals surface area contributed by atoms with E-state index in [9.17, 15) is 9.59 Å². The van der Waals surface area contributed by atoms with E-state index >= 15 is 0 Å². The van der Waals surface area contributed by atoms with Gasteiger partial charge >= 0.3 is 12.1 Å². The van der Waals surface area contributed by atoms with E-state index < -0.39 is 23.6 Å². The van der Waals surface area contributed by atoms with E-state index in [0.717, 1.165) is 0 Å². The molecule has 0 spiro atoms. The predicted octanol–water partition coefficient (Wildman–Crippen LogP) is 2.96. The molecule has 0 heterocycles. The summed E-state index contributed by atoms with van der Waals surface area (Å²) in [6.07, 6.45) is 4.38. The quantitative estimate of drug-likeness (QED) is 0.757. The molecular weight excluding hydrogens is 246 g/mol. The molecule has 0 fully saturated rings. The van der Waals surface area contributed by atoms with Crippen molar-refractivity contribution in [2.75, 3.05) is 0 Å². The maximum Gasteiger partial charge on any atom is 0.408 e. The number of carbonyl (C=O) groups excluding carboxylic acids is 1. The summed E-state index contributed by atoms with van der Waals surface area (Å²) in [6, 6.07) is -0.254. The summed E-state index contributed by atoms with van der Waals surface area (Å²) in [5.74, 6) is -1.38. The van der Waals surface area contributed by atoms with Crippen molar-refractivity contribution in [1.29, 1.82) is 0 Å². The van der Waals surface area contributed by atoms with Gasteiger partial charge < -0.3 is 15.2 Å². The van der Waals surface area contributed by atoms with Crippen LogP contribution in [0.1, 0.15) is 47.5 Å².